The Hall–Kier alpha value is -2.87. The first-order valence-corrected chi connectivity index (χ1v) is 6.92. The molecule has 0 aliphatic heterocycles. The van der Waals surface area contributed by atoms with Crippen LogP contribution < -0.4 is 4.74 Å². The number of nitrogens with zero attached hydrogens (tertiary/aromatic N) is 3. The predicted molar refractivity (Wildman–Crippen MR) is 79.4 cm³/mol. The molecule has 0 aliphatic carbocycles. The van der Waals surface area contributed by atoms with E-state index in [9.17, 15) is 13.2 Å². The molecule has 0 aliphatic rings. The number of aromatic nitrogens is 3. The molecule has 24 heavy (non-hydrogen) atoms. The van der Waals surface area contributed by atoms with Gasteiger partial charge in [-0.25, -0.2) is 9.67 Å². The maximum absolute atomic E-state index is 12.1. The maximum atomic E-state index is 12.1. The van der Waals surface area contributed by atoms with Crippen LogP contribution in [0.15, 0.2) is 54.9 Å². The van der Waals surface area contributed by atoms with Gasteiger partial charge in [0.05, 0.1) is 12.3 Å². The molecule has 0 saturated carbocycles. The normalized spacial score (nSPS) is 11.5. The summed E-state index contributed by atoms with van der Waals surface area (Å²) in [5, 5.41) is 13.3. The van der Waals surface area contributed by atoms with Crippen LogP contribution >= 0.6 is 0 Å². The lowest BCUT2D eigenvalue weighted by Crippen LogP contribution is -2.17. The molecule has 0 unspecified atom stereocenters. The van der Waals surface area contributed by atoms with Gasteiger partial charge in [-0.1, -0.05) is 24.3 Å². The van der Waals surface area contributed by atoms with E-state index in [1.165, 1.54) is 35.3 Å². The van der Waals surface area contributed by atoms with Crippen LogP contribution in [0.2, 0.25) is 0 Å². The monoisotopic (exact) mass is 335 g/mol. The molecule has 3 rings (SSSR count). The van der Waals surface area contributed by atoms with Crippen molar-refractivity contribution >= 4 is 0 Å². The summed E-state index contributed by atoms with van der Waals surface area (Å²) in [5.41, 5.74) is 2.09. The molecule has 0 amide bonds. The molecule has 1 N–H and O–H groups in total. The molecule has 124 valence electrons. The number of alkyl halides is 3. The van der Waals surface area contributed by atoms with Crippen molar-refractivity contribution in [2.45, 2.75) is 13.0 Å². The van der Waals surface area contributed by atoms with E-state index in [-0.39, 0.29) is 12.4 Å². The molecule has 0 saturated heterocycles. The van der Waals surface area contributed by atoms with Gasteiger partial charge in [-0.05, 0) is 29.8 Å². The Morgan fingerprint density at radius 1 is 1.00 bits per heavy atom. The van der Waals surface area contributed by atoms with Gasteiger partial charge in [0.15, 0.2) is 5.82 Å². The van der Waals surface area contributed by atoms with E-state index >= 15 is 0 Å². The van der Waals surface area contributed by atoms with Crippen LogP contribution in [0.25, 0.3) is 17.1 Å². The quantitative estimate of drug-likeness (QED) is 0.794. The van der Waals surface area contributed by atoms with Crippen molar-refractivity contribution in [1.82, 2.24) is 14.8 Å². The summed E-state index contributed by atoms with van der Waals surface area (Å²) in [7, 11) is 0. The van der Waals surface area contributed by atoms with Gasteiger partial charge in [0.2, 0.25) is 0 Å². The minimum atomic E-state index is -4.72. The smallest absolute Gasteiger partial charge is 0.406 e. The summed E-state index contributed by atoms with van der Waals surface area (Å²) >= 11 is 0. The van der Waals surface area contributed by atoms with Crippen molar-refractivity contribution in [3.8, 4) is 22.8 Å². The standard InChI is InChI=1S/C16H12F3N3O2/c17-16(18,19)24-14-7-5-13(6-8-14)22-10-20-15(21-22)12-3-1-11(9-23)2-4-12/h1-8,10,23H,9H2. The van der Waals surface area contributed by atoms with Crippen molar-refractivity contribution in [2.24, 2.45) is 0 Å². The summed E-state index contributed by atoms with van der Waals surface area (Å²) in [5.74, 6) is 0.168. The van der Waals surface area contributed by atoms with Crippen LogP contribution in [0.4, 0.5) is 13.2 Å². The lowest BCUT2D eigenvalue weighted by molar-refractivity contribution is -0.274. The van der Waals surface area contributed by atoms with Crippen LogP contribution in [0.1, 0.15) is 5.56 Å². The fourth-order valence-electron chi connectivity index (χ4n) is 2.08. The molecule has 0 bridgehead atoms. The number of benzene rings is 2. The number of hydrogen-bond donors (Lipinski definition) is 1. The maximum Gasteiger partial charge on any atom is 0.573 e. The lowest BCUT2D eigenvalue weighted by Gasteiger charge is -2.09. The zero-order valence-corrected chi connectivity index (χ0v) is 12.2. The fourth-order valence-corrected chi connectivity index (χ4v) is 2.08. The SMILES string of the molecule is OCc1ccc(-c2ncn(-c3ccc(OC(F)(F)F)cc3)n2)cc1. The highest BCUT2D eigenvalue weighted by atomic mass is 19.4. The summed E-state index contributed by atoms with van der Waals surface area (Å²) in [6.45, 7) is -0.0471. The van der Waals surface area contributed by atoms with E-state index in [4.69, 9.17) is 5.11 Å². The highest BCUT2D eigenvalue weighted by Crippen LogP contribution is 2.24. The minimum absolute atomic E-state index is 0.0471. The molecule has 0 radical (unpaired) electrons. The average molecular weight is 335 g/mol. The van der Waals surface area contributed by atoms with E-state index < -0.39 is 6.36 Å². The Labute approximate surface area is 135 Å². The van der Waals surface area contributed by atoms with Crippen molar-refractivity contribution in [3.05, 3.63) is 60.4 Å². The molecule has 5 nitrogen and oxygen atoms in total. The summed E-state index contributed by atoms with van der Waals surface area (Å²) in [4.78, 5) is 4.18. The Kier molecular flexibility index (Phi) is 4.22. The zero-order chi connectivity index (χ0) is 17.2. The molecule has 8 heteroatoms. The van der Waals surface area contributed by atoms with Crippen molar-refractivity contribution in [2.75, 3.05) is 0 Å². The molecule has 2 aromatic carbocycles. The van der Waals surface area contributed by atoms with Crippen LogP contribution in [0, 0.1) is 0 Å². The van der Waals surface area contributed by atoms with Crippen molar-refractivity contribution in [3.63, 3.8) is 0 Å². The largest absolute Gasteiger partial charge is 0.573 e. The Morgan fingerprint density at radius 3 is 2.25 bits per heavy atom. The van der Waals surface area contributed by atoms with Crippen LogP contribution in [-0.2, 0) is 6.61 Å². The number of hydrogen-bond acceptors (Lipinski definition) is 4. The Balaban J connectivity index is 1.79. The Morgan fingerprint density at radius 2 is 1.67 bits per heavy atom. The predicted octanol–water partition coefficient (Wildman–Crippen LogP) is 3.33. The lowest BCUT2D eigenvalue weighted by atomic mass is 10.1. The van der Waals surface area contributed by atoms with Gasteiger partial charge in [0.1, 0.15) is 12.1 Å². The second kappa shape index (κ2) is 6.32. The van der Waals surface area contributed by atoms with E-state index in [1.807, 2.05) is 0 Å². The minimum Gasteiger partial charge on any atom is -0.406 e. The van der Waals surface area contributed by atoms with E-state index in [2.05, 4.69) is 14.8 Å². The Bertz CT molecular complexity index is 812. The van der Waals surface area contributed by atoms with E-state index in [0.717, 1.165) is 11.1 Å². The third-order valence-corrected chi connectivity index (χ3v) is 3.22. The molecule has 3 aromatic rings. The first kappa shape index (κ1) is 16.0. The summed E-state index contributed by atoms with van der Waals surface area (Å²) < 4.78 is 41.7. The number of halogens is 3. The third-order valence-electron chi connectivity index (χ3n) is 3.22. The number of ether oxygens (including phenoxy) is 1. The van der Waals surface area contributed by atoms with E-state index in [0.29, 0.717) is 11.5 Å². The molecule has 1 aromatic heterocycles. The number of aliphatic hydroxyl groups excluding tert-OH is 1. The number of rotatable bonds is 4. The van der Waals surface area contributed by atoms with Gasteiger partial charge >= 0.3 is 6.36 Å². The van der Waals surface area contributed by atoms with E-state index in [1.54, 1.807) is 24.3 Å². The van der Waals surface area contributed by atoms with Gasteiger partial charge in [0, 0.05) is 5.56 Å². The second-order valence-electron chi connectivity index (χ2n) is 4.91. The van der Waals surface area contributed by atoms with Crippen LogP contribution in [0.3, 0.4) is 0 Å². The van der Waals surface area contributed by atoms with Gasteiger partial charge in [-0.3, -0.25) is 0 Å². The molecular weight excluding hydrogens is 323 g/mol. The number of aliphatic hydroxyl groups is 1. The first-order valence-electron chi connectivity index (χ1n) is 6.92. The van der Waals surface area contributed by atoms with Crippen molar-refractivity contribution < 1.29 is 23.0 Å². The molecular formula is C16H12F3N3O2. The highest BCUT2D eigenvalue weighted by molar-refractivity contribution is 5.55. The summed E-state index contributed by atoms with van der Waals surface area (Å²) in [6.07, 6.45) is -3.25. The molecule has 0 fully saturated rings. The van der Waals surface area contributed by atoms with Crippen LogP contribution in [-0.4, -0.2) is 26.2 Å². The average Bonchev–Trinajstić information content (AvgIpc) is 3.04. The first-order chi connectivity index (χ1) is 11.4. The zero-order valence-electron chi connectivity index (χ0n) is 12.2. The fraction of sp³-hybridized carbons (Fsp3) is 0.125. The topological polar surface area (TPSA) is 60.2 Å². The third kappa shape index (κ3) is 3.72. The molecule has 1 heterocycles. The van der Waals surface area contributed by atoms with Crippen molar-refractivity contribution in [1.29, 1.82) is 0 Å². The second-order valence-corrected chi connectivity index (χ2v) is 4.91. The van der Waals surface area contributed by atoms with Gasteiger partial charge < -0.3 is 9.84 Å². The van der Waals surface area contributed by atoms with Gasteiger partial charge in [0.25, 0.3) is 0 Å². The van der Waals surface area contributed by atoms with Gasteiger partial charge in [-0.2, -0.15) is 0 Å². The van der Waals surface area contributed by atoms with Crippen LogP contribution in [0.5, 0.6) is 5.75 Å². The van der Waals surface area contributed by atoms with Gasteiger partial charge in [-0.15, -0.1) is 18.3 Å². The highest BCUT2D eigenvalue weighted by Gasteiger charge is 2.30. The molecule has 0 atom stereocenters. The summed E-state index contributed by atoms with van der Waals surface area (Å²) in [6, 6.07) is 12.4. The molecule has 0 spiro atoms.